The van der Waals surface area contributed by atoms with Crippen molar-refractivity contribution in [2.75, 3.05) is 6.61 Å². The largest absolute Gasteiger partial charge is 0.481 e. The number of nitrogens with zero attached hydrogens (tertiary/aromatic N) is 3. The maximum absolute atomic E-state index is 5.46. The molecule has 0 spiro atoms. The van der Waals surface area contributed by atoms with Crippen LogP contribution in [0, 0.1) is 12.3 Å². The number of ether oxygens (including phenoxy) is 1. The normalized spacial score (nSPS) is 10.2. The Hall–Kier alpha value is -3.97. The highest BCUT2D eigenvalue weighted by atomic mass is 16.5. The summed E-state index contributed by atoms with van der Waals surface area (Å²) in [6.07, 6.45) is 8.78. The summed E-state index contributed by atoms with van der Waals surface area (Å²) in [5.41, 5.74) is 5.30. The van der Waals surface area contributed by atoms with Crippen LogP contribution in [-0.2, 0) is 0 Å². The molecule has 0 unspecified atom stereocenters. The van der Waals surface area contributed by atoms with E-state index >= 15 is 0 Å². The van der Waals surface area contributed by atoms with E-state index in [1.165, 1.54) is 0 Å². The lowest BCUT2D eigenvalue weighted by Gasteiger charge is -2.10. The number of benzene rings is 1. The van der Waals surface area contributed by atoms with Crippen LogP contribution in [0.15, 0.2) is 85.2 Å². The zero-order valence-electron chi connectivity index (χ0n) is 15.1. The minimum Gasteiger partial charge on any atom is -0.481 e. The monoisotopic (exact) mass is 363 g/mol. The molecule has 0 saturated carbocycles. The molecule has 0 fully saturated rings. The summed E-state index contributed by atoms with van der Waals surface area (Å²) in [5, 5.41) is 0. The molecule has 0 amide bonds. The van der Waals surface area contributed by atoms with Gasteiger partial charge in [0.25, 0.3) is 0 Å². The van der Waals surface area contributed by atoms with Crippen molar-refractivity contribution in [2.24, 2.45) is 0 Å². The molecule has 4 rings (SSSR count). The second-order valence-electron chi connectivity index (χ2n) is 6.07. The van der Waals surface area contributed by atoms with E-state index in [1.807, 2.05) is 72.8 Å². The van der Waals surface area contributed by atoms with Crippen molar-refractivity contribution in [3.63, 3.8) is 0 Å². The van der Waals surface area contributed by atoms with Gasteiger partial charge in [-0.2, -0.15) is 0 Å². The molecule has 134 valence electrons. The summed E-state index contributed by atoms with van der Waals surface area (Å²) in [6, 6.07) is 23.5. The number of terminal acetylenes is 1. The van der Waals surface area contributed by atoms with Gasteiger partial charge in [0, 0.05) is 12.4 Å². The van der Waals surface area contributed by atoms with E-state index < -0.39 is 0 Å². The van der Waals surface area contributed by atoms with Crippen molar-refractivity contribution in [3.8, 4) is 52.0 Å². The number of hydrogen-bond acceptors (Lipinski definition) is 4. The van der Waals surface area contributed by atoms with Crippen LogP contribution in [0.2, 0.25) is 0 Å². The minimum atomic E-state index is 0.252. The van der Waals surface area contributed by atoms with Crippen LogP contribution < -0.4 is 4.74 Å². The molecule has 0 aliphatic carbocycles. The highest BCUT2D eigenvalue weighted by Crippen LogP contribution is 2.29. The molecular weight excluding hydrogens is 346 g/mol. The van der Waals surface area contributed by atoms with Crippen molar-refractivity contribution >= 4 is 0 Å². The lowest BCUT2D eigenvalue weighted by atomic mass is 10.0. The zero-order valence-corrected chi connectivity index (χ0v) is 15.1. The third kappa shape index (κ3) is 3.89. The van der Waals surface area contributed by atoms with E-state index in [2.05, 4.69) is 15.9 Å². The summed E-state index contributed by atoms with van der Waals surface area (Å²) >= 11 is 0. The van der Waals surface area contributed by atoms with E-state index in [0.29, 0.717) is 0 Å². The van der Waals surface area contributed by atoms with Crippen molar-refractivity contribution in [1.29, 1.82) is 0 Å². The number of hydrogen-bond donors (Lipinski definition) is 0. The van der Waals surface area contributed by atoms with Gasteiger partial charge in [-0.1, -0.05) is 30.2 Å². The molecule has 0 atom stereocenters. The smallest absolute Gasteiger partial charge is 0.148 e. The standard InChI is InChI=1S/C24H17N3O/c1-2-15-28-20-11-9-18(10-12-20)19-16-23(21-7-3-5-13-25-21)27-24(17-19)22-8-4-6-14-26-22/h1,3-14,16-17H,15H2. The van der Waals surface area contributed by atoms with Gasteiger partial charge in [-0.3, -0.25) is 9.97 Å². The molecule has 0 aliphatic heterocycles. The lowest BCUT2D eigenvalue weighted by Crippen LogP contribution is -1.95. The van der Waals surface area contributed by atoms with Gasteiger partial charge >= 0.3 is 0 Å². The molecule has 28 heavy (non-hydrogen) atoms. The Morgan fingerprint density at radius 1 is 0.714 bits per heavy atom. The second-order valence-corrected chi connectivity index (χ2v) is 6.07. The molecule has 4 aromatic rings. The van der Waals surface area contributed by atoms with Crippen LogP contribution in [-0.4, -0.2) is 21.6 Å². The van der Waals surface area contributed by atoms with Crippen LogP contribution in [0.1, 0.15) is 0 Å². The molecular formula is C24H17N3O. The van der Waals surface area contributed by atoms with E-state index in [9.17, 15) is 0 Å². The Kier molecular flexibility index (Phi) is 5.08. The summed E-state index contributed by atoms with van der Waals surface area (Å²) in [7, 11) is 0. The average molecular weight is 363 g/mol. The van der Waals surface area contributed by atoms with Crippen LogP contribution in [0.4, 0.5) is 0 Å². The third-order valence-corrected chi connectivity index (χ3v) is 4.19. The van der Waals surface area contributed by atoms with Gasteiger partial charge in [0.1, 0.15) is 12.4 Å². The molecule has 0 aliphatic rings. The van der Waals surface area contributed by atoms with Crippen LogP contribution >= 0.6 is 0 Å². The fourth-order valence-electron chi connectivity index (χ4n) is 2.86. The SMILES string of the molecule is C#CCOc1ccc(-c2cc(-c3ccccn3)nc(-c3ccccn3)c2)cc1. The second kappa shape index (κ2) is 8.15. The lowest BCUT2D eigenvalue weighted by molar-refractivity contribution is 0.370. The summed E-state index contributed by atoms with van der Waals surface area (Å²) in [6.45, 7) is 0.252. The van der Waals surface area contributed by atoms with Gasteiger partial charge in [0.2, 0.25) is 0 Å². The molecule has 0 bridgehead atoms. The first kappa shape index (κ1) is 17.4. The van der Waals surface area contributed by atoms with Gasteiger partial charge in [0.15, 0.2) is 0 Å². The van der Waals surface area contributed by atoms with E-state index in [4.69, 9.17) is 16.1 Å². The first-order valence-corrected chi connectivity index (χ1v) is 8.85. The van der Waals surface area contributed by atoms with E-state index in [1.54, 1.807) is 12.4 Å². The highest BCUT2D eigenvalue weighted by Gasteiger charge is 2.10. The Bertz CT molecular complexity index is 1040. The fraction of sp³-hybridized carbons (Fsp3) is 0.0417. The first-order chi connectivity index (χ1) is 13.8. The number of aromatic nitrogens is 3. The molecule has 0 N–H and O–H groups in total. The number of rotatable bonds is 5. The topological polar surface area (TPSA) is 47.9 Å². The third-order valence-electron chi connectivity index (χ3n) is 4.19. The van der Waals surface area contributed by atoms with Gasteiger partial charge in [-0.15, -0.1) is 6.42 Å². The summed E-state index contributed by atoms with van der Waals surface area (Å²) in [4.78, 5) is 13.7. The minimum absolute atomic E-state index is 0.252. The summed E-state index contributed by atoms with van der Waals surface area (Å²) in [5.74, 6) is 3.21. The van der Waals surface area contributed by atoms with Gasteiger partial charge in [-0.25, -0.2) is 4.98 Å². The molecule has 3 aromatic heterocycles. The molecule has 0 saturated heterocycles. The Morgan fingerprint density at radius 2 is 1.32 bits per heavy atom. The van der Waals surface area contributed by atoms with Crippen LogP contribution in [0.3, 0.4) is 0 Å². The molecule has 0 radical (unpaired) electrons. The van der Waals surface area contributed by atoms with Crippen molar-refractivity contribution in [1.82, 2.24) is 15.0 Å². The maximum atomic E-state index is 5.46. The molecule has 4 heteroatoms. The van der Waals surface area contributed by atoms with Gasteiger partial charge < -0.3 is 4.74 Å². The van der Waals surface area contributed by atoms with Crippen LogP contribution in [0.25, 0.3) is 33.9 Å². The van der Waals surface area contributed by atoms with Gasteiger partial charge in [-0.05, 0) is 59.7 Å². The summed E-state index contributed by atoms with van der Waals surface area (Å²) < 4.78 is 5.46. The number of pyridine rings is 3. The Morgan fingerprint density at radius 3 is 1.82 bits per heavy atom. The molecule has 4 nitrogen and oxygen atoms in total. The molecule has 1 aromatic carbocycles. The van der Waals surface area contributed by atoms with Crippen LogP contribution in [0.5, 0.6) is 5.75 Å². The highest BCUT2D eigenvalue weighted by molar-refractivity contribution is 5.74. The molecule has 3 heterocycles. The van der Waals surface area contributed by atoms with Crippen molar-refractivity contribution in [2.45, 2.75) is 0 Å². The van der Waals surface area contributed by atoms with E-state index in [0.717, 1.165) is 39.7 Å². The average Bonchev–Trinajstić information content (AvgIpc) is 2.79. The predicted octanol–water partition coefficient (Wildman–Crippen LogP) is 4.88. The Labute approximate surface area is 163 Å². The Balaban J connectivity index is 1.79. The fourth-order valence-corrected chi connectivity index (χ4v) is 2.86. The predicted molar refractivity (Wildman–Crippen MR) is 110 cm³/mol. The zero-order chi connectivity index (χ0) is 19.2. The quantitative estimate of drug-likeness (QED) is 0.474. The first-order valence-electron chi connectivity index (χ1n) is 8.85. The van der Waals surface area contributed by atoms with E-state index in [-0.39, 0.29) is 6.61 Å². The maximum Gasteiger partial charge on any atom is 0.148 e. The van der Waals surface area contributed by atoms with Gasteiger partial charge in [0.05, 0.1) is 22.8 Å². The van der Waals surface area contributed by atoms with Crippen molar-refractivity contribution < 1.29 is 4.74 Å². The van der Waals surface area contributed by atoms with Crippen molar-refractivity contribution in [3.05, 3.63) is 85.2 Å².